The monoisotopic (exact) mass is 286 g/mol. The lowest BCUT2D eigenvalue weighted by Gasteiger charge is -2.11. The number of nitrogens with one attached hydrogen (secondary N) is 1. The molecule has 0 spiro atoms. The molecule has 1 aromatic carbocycles. The van der Waals surface area contributed by atoms with E-state index in [0.29, 0.717) is 11.4 Å². The van der Waals surface area contributed by atoms with Gasteiger partial charge in [0.05, 0.1) is 21.8 Å². The van der Waals surface area contributed by atoms with Gasteiger partial charge in [-0.3, -0.25) is 0 Å². The summed E-state index contributed by atoms with van der Waals surface area (Å²) in [4.78, 5) is 4.38. The first-order valence-electron chi connectivity index (χ1n) is 6.16. The summed E-state index contributed by atoms with van der Waals surface area (Å²) in [6.45, 7) is 3.08. The van der Waals surface area contributed by atoms with Crippen molar-refractivity contribution >= 4 is 21.6 Å². The highest BCUT2D eigenvalue weighted by molar-refractivity contribution is 7.18. The lowest BCUT2D eigenvalue weighted by molar-refractivity contribution is -0.137. The van der Waals surface area contributed by atoms with Gasteiger partial charge in [-0.15, -0.1) is 11.3 Å². The van der Waals surface area contributed by atoms with Crippen LogP contribution in [0.3, 0.4) is 0 Å². The zero-order valence-electron chi connectivity index (χ0n) is 10.3. The second-order valence-electron chi connectivity index (χ2n) is 4.93. The second-order valence-corrected chi connectivity index (χ2v) is 5.99. The molecule has 1 aromatic heterocycles. The topological polar surface area (TPSA) is 24.9 Å². The third-order valence-electron chi connectivity index (χ3n) is 3.53. The minimum Gasteiger partial charge on any atom is -0.308 e. The maximum absolute atomic E-state index is 12.6. The molecule has 0 amide bonds. The molecule has 2 aromatic rings. The number of aromatic nitrogens is 1. The highest BCUT2D eigenvalue weighted by Crippen LogP contribution is 2.36. The summed E-state index contributed by atoms with van der Waals surface area (Å²) in [5.74, 6) is 0.475. The van der Waals surface area contributed by atoms with Gasteiger partial charge in [-0.2, -0.15) is 13.2 Å². The summed E-state index contributed by atoms with van der Waals surface area (Å²) < 4.78 is 38.8. The van der Waals surface area contributed by atoms with Crippen LogP contribution in [0.15, 0.2) is 18.2 Å². The Bertz CT molecular complexity index is 605. The van der Waals surface area contributed by atoms with Gasteiger partial charge in [0.15, 0.2) is 0 Å². The van der Waals surface area contributed by atoms with Gasteiger partial charge in [0.25, 0.3) is 0 Å². The fraction of sp³-hybridized carbons (Fsp3) is 0.462. The standard InChI is InChI=1S/C13H13F3N2S/c1-7-4-5-17-11(7)12-18-9-6-8(13(14,15)16)2-3-10(9)19-12/h2-3,6-7,11,17H,4-5H2,1H3. The van der Waals surface area contributed by atoms with E-state index in [2.05, 4.69) is 17.2 Å². The normalized spacial score (nSPS) is 24.2. The molecule has 1 aliphatic heterocycles. The van der Waals surface area contributed by atoms with Crippen molar-refractivity contribution in [1.29, 1.82) is 0 Å². The minimum atomic E-state index is -4.31. The van der Waals surface area contributed by atoms with E-state index in [0.717, 1.165) is 34.8 Å². The minimum absolute atomic E-state index is 0.173. The van der Waals surface area contributed by atoms with Crippen molar-refractivity contribution < 1.29 is 13.2 Å². The predicted molar refractivity (Wildman–Crippen MR) is 69.1 cm³/mol. The van der Waals surface area contributed by atoms with Crippen LogP contribution in [0.4, 0.5) is 13.2 Å². The molecule has 3 rings (SSSR count). The van der Waals surface area contributed by atoms with E-state index in [1.165, 1.54) is 17.4 Å². The maximum atomic E-state index is 12.6. The van der Waals surface area contributed by atoms with Crippen LogP contribution < -0.4 is 5.32 Å². The number of hydrogen-bond donors (Lipinski definition) is 1. The summed E-state index contributed by atoms with van der Waals surface area (Å²) in [7, 11) is 0. The molecule has 0 radical (unpaired) electrons. The van der Waals surface area contributed by atoms with Gasteiger partial charge in [-0.05, 0) is 37.1 Å². The first-order chi connectivity index (χ1) is 8.95. The molecule has 0 saturated carbocycles. The molecule has 102 valence electrons. The number of benzene rings is 1. The Labute approximate surface area is 112 Å². The van der Waals surface area contributed by atoms with Gasteiger partial charge in [-0.25, -0.2) is 4.98 Å². The number of thiazole rings is 1. The molecule has 6 heteroatoms. The van der Waals surface area contributed by atoms with Crippen LogP contribution in [0.1, 0.15) is 30.0 Å². The van der Waals surface area contributed by atoms with E-state index in [1.54, 1.807) is 0 Å². The van der Waals surface area contributed by atoms with Crippen molar-refractivity contribution in [2.75, 3.05) is 6.54 Å². The van der Waals surface area contributed by atoms with Crippen molar-refractivity contribution in [3.8, 4) is 0 Å². The number of nitrogens with zero attached hydrogens (tertiary/aromatic N) is 1. The van der Waals surface area contributed by atoms with Crippen molar-refractivity contribution in [2.45, 2.75) is 25.6 Å². The quantitative estimate of drug-likeness (QED) is 0.857. The Morgan fingerprint density at radius 3 is 2.79 bits per heavy atom. The molecule has 1 aliphatic rings. The summed E-state index contributed by atoms with van der Waals surface area (Å²) in [5, 5.41) is 4.24. The van der Waals surface area contributed by atoms with Gasteiger partial charge >= 0.3 is 6.18 Å². The summed E-state index contributed by atoms with van der Waals surface area (Å²) in [6.07, 6.45) is -3.23. The van der Waals surface area contributed by atoms with Crippen molar-refractivity contribution in [2.24, 2.45) is 5.92 Å². The molecule has 2 unspecified atom stereocenters. The zero-order valence-corrected chi connectivity index (χ0v) is 11.1. The first-order valence-corrected chi connectivity index (χ1v) is 6.98. The average Bonchev–Trinajstić information content (AvgIpc) is 2.91. The van der Waals surface area contributed by atoms with Gasteiger partial charge < -0.3 is 5.32 Å². The van der Waals surface area contributed by atoms with Gasteiger partial charge in [0.1, 0.15) is 5.01 Å². The fourth-order valence-corrected chi connectivity index (χ4v) is 3.58. The fourth-order valence-electron chi connectivity index (χ4n) is 2.42. The molecule has 0 bridgehead atoms. The average molecular weight is 286 g/mol. The number of rotatable bonds is 1. The van der Waals surface area contributed by atoms with Crippen molar-refractivity contribution in [3.05, 3.63) is 28.8 Å². The lowest BCUT2D eigenvalue weighted by Crippen LogP contribution is -2.15. The van der Waals surface area contributed by atoms with E-state index in [4.69, 9.17) is 0 Å². The first kappa shape index (κ1) is 12.9. The molecular weight excluding hydrogens is 273 g/mol. The molecule has 0 aliphatic carbocycles. The van der Waals surface area contributed by atoms with Crippen LogP contribution in [0, 0.1) is 5.92 Å². The third kappa shape index (κ3) is 2.34. The smallest absolute Gasteiger partial charge is 0.308 e. The Balaban J connectivity index is 2.01. The Morgan fingerprint density at radius 1 is 1.37 bits per heavy atom. The number of hydrogen-bond acceptors (Lipinski definition) is 3. The Kier molecular flexibility index (Phi) is 3.02. The predicted octanol–water partition coefficient (Wildman–Crippen LogP) is 3.99. The molecular formula is C13H13F3N2S. The van der Waals surface area contributed by atoms with Gasteiger partial charge in [0, 0.05) is 0 Å². The van der Waals surface area contributed by atoms with E-state index in [-0.39, 0.29) is 6.04 Å². The van der Waals surface area contributed by atoms with Gasteiger partial charge in [-0.1, -0.05) is 6.92 Å². The maximum Gasteiger partial charge on any atom is 0.416 e. The van der Waals surface area contributed by atoms with Crippen molar-refractivity contribution in [3.63, 3.8) is 0 Å². The Hall–Kier alpha value is -1.14. The molecule has 19 heavy (non-hydrogen) atoms. The lowest BCUT2D eigenvalue weighted by atomic mass is 10.0. The molecule has 1 fully saturated rings. The third-order valence-corrected chi connectivity index (χ3v) is 4.65. The summed E-state index contributed by atoms with van der Waals surface area (Å²) >= 11 is 1.48. The van der Waals surface area contributed by atoms with Crippen LogP contribution >= 0.6 is 11.3 Å². The van der Waals surface area contributed by atoms with Crippen LogP contribution in [0.2, 0.25) is 0 Å². The van der Waals surface area contributed by atoms with Crippen LogP contribution in [0.5, 0.6) is 0 Å². The second kappa shape index (κ2) is 4.45. The van der Waals surface area contributed by atoms with Crippen LogP contribution in [0.25, 0.3) is 10.2 Å². The molecule has 2 atom stereocenters. The zero-order chi connectivity index (χ0) is 13.6. The van der Waals surface area contributed by atoms with Gasteiger partial charge in [0.2, 0.25) is 0 Å². The van der Waals surface area contributed by atoms with Crippen molar-refractivity contribution in [1.82, 2.24) is 10.3 Å². The summed E-state index contributed by atoms with van der Waals surface area (Å²) in [6, 6.07) is 3.94. The van der Waals surface area contributed by atoms with E-state index < -0.39 is 11.7 Å². The summed E-state index contributed by atoms with van der Waals surface area (Å²) in [5.41, 5.74) is -0.194. The molecule has 1 saturated heterocycles. The van der Waals surface area contributed by atoms with E-state index in [9.17, 15) is 13.2 Å². The Morgan fingerprint density at radius 2 is 2.16 bits per heavy atom. The number of halogens is 3. The number of alkyl halides is 3. The molecule has 2 nitrogen and oxygen atoms in total. The van der Waals surface area contributed by atoms with E-state index in [1.807, 2.05) is 0 Å². The van der Waals surface area contributed by atoms with Crippen LogP contribution in [-0.4, -0.2) is 11.5 Å². The SMILES string of the molecule is CC1CCNC1c1nc2cc(C(F)(F)F)ccc2s1. The highest BCUT2D eigenvalue weighted by Gasteiger charge is 2.31. The van der Waals surface area contributed by atoms with Crippen LogP contribution in [-0.2, 0) is 6.18 Å². The molecule has 2 heterocycles. The highest BCUT2D eigenvalue weighted by atomic mass is 32.1. The largest absolute Gasteiger partial charge is 0.416 e. The molecule has 1 N–H and O–H groups in total. The number of fused-ring (bicyclic) bond motifs is 1. The van der Waals surface area contributed by atoms with E-state index >= 15 is 0 Å².